The molecule has 0 aliphatic heterocycles. The number of nitrogens with one attached hydrogen (secondary N) is 2. The number of nitrogens with zero attached hydrogens (tertiary/aromatic N) is 3. The van der Waals surface area contributed by atoms with E-state index in [0.717, 1.165) is 23.5 Å². The molecular formula is C15H9F4N5O2S. The standard InChI is InChI=1S/C15H9F4N5O2S/c16-11-9(15(17,18)19)2-1-3-10(11)21-12(25)22-13-23-24-14(27-13)26-8-4-6-20-7-5-8/h1-7H,(H2,21,22,23,25). The van der Waals surface area contributed by atoms with E-state index < -0.39 is 29.3 Å². The van der Waals surface area contributed by atoms with E-state index in [4.69, 9.17) is 4.74 Å². The van der Waals surface area contributed by atoms with Crippen LogP contribution in [0.2, 0.25) is 0 Å². The summed E-state index contributed by atoms with van der Waals surface area (Å²) >= 11 is 0.868. The number of hydrogen-bond donors (Lipinski definition) is 2. The minimum atomic E-state index is -4.88. The van der Waals surface area contributed by atoms with Crippen LogP contribution < -0.4 is 15.4 Å². The average Bonchev–Trinajstić information content (AvgIpc) is 3.03. The number of carbonyl (C=O) groups is 1. The number of rotatable bonds is 4. The van der Waals surface area contributed by atoms with E-state index >= 15 is 0 Å². The van der Waals surface area contributed by atoms with Gasteiger partial charge in [-0.1, -0.05) is 11.2 Å². The summed E-state index contributed by atoms with van der Waals surface area (Å²) in [5.74, 6) is -1.14. The Hall–Kier alpha value is -3.28. The number of carbonyl (C=O) groups excluding carboxylic acids is 1. The van der Waals surface area contributed by atoms with Crippen LogP contribution in [-0.4, -0.2) is 21.2 Å². The van der Waals surface area contributed by atoms with E-state index in [-0.39, 0.29) is 10.3 Å². The molecule has 2 N–H and O–H groups in total. The van der Waals surface area contributed by atoms with Crippen LogP contribution in [0.15, 0.2) is 42.7 Å². The first-order valence-electron chi connectivity index (χ1n) is 7.18. The second kappa shape index (κ2) is 7.53. The second-order valence-corrected chi connectivity index (χ2v) is 5.84. The van der Waals surface area contributed by atoms with Crippen LogP contribution in [0, 0.1) is 5.82 Å². The van der Waals surface area contributed by atoms with Crippen LogP contribution >= 0.6 is 11.3 Å². The normalized spacial score (nSPS) is 11.1. The SMILES string of the molecule is O=C(Nc1nnc(Oc2ccncc2)s1)Nc1cccc(C(F)(F)F)c1F. The molecule has 0 spiro atoms. The van der Waals surface area contributed by atoms with Crippen molar-refractivity contribution in [2.75, 3.05) is 10.6 Å². The van der Waals surface area contributed by atoms with E-state index in [1.165, 1.54) is 12.4 Å². The molecule has 0 radical (unpaired) electrons. The third kappa shape index (κ3) is 4.67. The van der Waals surface area contributed by atoms with Gasteiger partial charge in [-0.2, -0.15) is 13.2 Å². The summed E-state index contributed by atoms with van der Waals surface area (Å²) < 4.78 is 57.4. The van der Waals surface area contributed by atoms with Crippen LogP contribution in [-0.2, 0) is 6.18 Å². The molecule has 3 rings (SSSR count). The Kier molecular flexibility index (Phi) is 5.16. The molecule has 0 aliphatic rings. The van der Waals surface area contributed by atoms with Gasteiger partial charge in [0.2, 0.25) is 5.13 Å². The van der Waals surface area contributed by atoms with Gasteiger partial charge in [-0.05, 0) is 35.6 Å². The fourth-order valence-electron chi connectivity index (χ4n) is 1.91. The maximum absolute atomic E-state index is 13.9. The molecule has 2 heterocycles. The molecule has 27 heavy (non-hydrogen) atoms. The third-order valence-corrected chi connectivity index (χ3v) is 3.75. The molecule has 0 saturated heterocycles. The fourth-order valence-corrected chi connectivity index (χ4v) is 2.52. The van der Waals surface area contributed by atoms with Gasteiger partial charge in [-0.3, -0.25) is 10.3 Å². The van der Waals surface area contributed by atoms with Crippen molar-refractivity contribution in [2.24, 2.45) is 0 Å². The monoisotopic (exact) mass is 399 g/mol. The summed E-state index contributed by atoms with van der Waals surface area (Å²) in [6, 6.07) is 4.73. The maximum Gasteiger partial charge on any atom is 0.419 e. The molecule has 7 nitrogen and oxygen atoms in total. The van der Waals surface area contributed by atoms with Crippen LogP contribution in [0.25, 0.3) is 0 Å². The van der Waals surface area contributed by atoms with Gasteiger partial charge in [0.25, 0.3) is 0 Å². The minimum absolute atomic E-state index is 0.00365. The van der Waals surface area contributed by atoms with Crippen molar-refractivity contribution in [3.63, 3.8) is 0 Å². The van der Waals surface area contributed by atoms with Crippen molar-refractivity contribution in [1.82, 2.24) is 15.2 Å². The molecule has 0 bridgehead atoms. The molecule has 3 aromatic rings. The number of amides is 2. The Morgan fingerprint density at radius 2 is 1.81 bits per heavy atom. The number of halogens is 4. The molecule has 0 unspecified atom stereocenters. The Morgan fingerprint density at radius 3 is 2.52 bits per heavy atom. The van der Waals surface area contributed by atoms with Gasteiger partial charge in [0.15, 0.2) is 5.82 Å². The first-order chi connectivity index (χ1) is 12.8. The molecule has 0 saturated carbocycles. The van der Waals surface area contributed by atoms with E-state index in [1.807, 2.05) is 5.32 Å². The molecular weight excluding hydrogens is 390 g/mol. The largest absolute Gasteiger partial charge is 0.430 e. The Labute approximate surface area is 153 Å². The predicted octanol–water partition coefficient (Wildman–Crippen LogP) is 4.53. The Morgan fingerprint density at radius 1 is 1.07 bits per heavy atom. The lowest BCUT2D eigenvalue weighted by atomic mass is 10.2. The van der Waals surface area contributed by atoms with Crippen molar-refractivity contribution in [1.29, 1.82) is 0 Å². The highest BCUT2D eigenvalue weighted by molar-refractivity contribution is 7.17. The van der Waals surface area contributed by atoms with Crippen molar-refractivity contribution < 1.29 is 27.1 Å². The van der Waals surface area contributed by atoms with Gasteiger partial charge in [0.1, 0.15) is 5.75 Å². The van der Waals surface area contributed by atoms with E-state index in [1.54, 1.807) is 12.1 Å². The number of aromatic nitrogens is 3. The van der Waals surface area contributed by atoms with E-state index in [2.05, 4.69) is 20.5 Å². The van der Waals surface area contributed by atoms with E-state index in [0.29, 0.717) is 11.8 Å². The number of benzene rings is 1. The molecule has 2 amide bonds. The number of hydrogen-bond acceptors (Lipinski definition) is 6. The molecule has 0 fully saturated rings. The van der Waals surface area contributed by atoms with Crippen LogP contribution in [0.4, 0.5) is 33.2 Å². The number of anilines is 2. The van der Waals surface area contributed by atoms with Gasteiger partial charge in [0, 0.05) is 12.4 Å². The highest BCUT2D eigenvalue weighted by Crippen LogP contribution is 2.34. The zero-order valence-electron chi connectivity index (χ0n) is 13.1. The smallest absolute Gasteiger partial charge is 0.419 e. The summed E-state index contributed by atoms with van der Waals surface area (Å²) in [6.07, 6.45) is -1.87. The first kappa shape index (κ1) is 18.5. The molecule has 0 atom stereocenters. The number of ether oxygens (including phenoxy) is 1. The van der Waals surface area contributed by atoms with Crippen LogP contribution in [0.5, 0.6) is 10.9 Å². The number of pyridine rings is 1. The fraction of sp³-hybridized carbons (Fsp3) is 0.0667. The van der Waals surface area contributed by atoms with Gasteiger partial charge in [0.05, 0.1) is 11.3 Å². The summed E-state index contributed by atoms with van der Waals surface area (Å²) in [6.45, 7) is 0. The zero-order chi connectivity index (χ0) is 19.4. The van der Waals surface area contributed by atoms with Crippen LogP contribution in [0.1, 0.15) is 5.56 Å². The predicted molar refractivity (Wildman–Crippen MR) is 88.3 cm³/mol. The highest BCUT2D eigenvalue weighted by atomic mass is 32.1. The quantitative estimate of drug-likeness (QED) is 0.630. The maximum atomic E-state index is 13.9. The van der Waals surface area contributed by atoms with Crippen LogP contribution in [0.3, 0.4) is 0 Å². The van der Waals surface area contributed by atoms with Gasteiger partial charge < -0.3 is 10.1 Å². The average molecular weight is 399 g/mol. The van der Waals surface area contributed by atoms with Crippen molar-refractivity contribution in [3.8, 4) is 10.9 Å². The highest BCUT2D eigenvalue weighted by Gasteiger charge is 2.35. The molecule has 2 aromatic heterocycles. The molecule has 140 valence electrons. The van der Waals surface area contributed by atoms with Gasteiger partial charge >= 0.3 is 17.4 Å². The third-order valence-electron chi connectivity index (χ3n) is 3.03. The van der Waals surface area contributed by atoms with Crippen molar-refractivity contribution in [3.05, 3.63) is 54.1 Å². The number of urea groups is 1. The lowest BCUT2D eigenvalue weighted by Gasteiger charge is -2.11. The van der Waals surface area contributed by atoms with Crippen molar-refractivity contribution >= 4 is 28.2 Å². The zero-order valence-corrected chi connectivity index (χ0v) is 13.9. The first-order valence-corrected chi connectivity index (χ1v) is 7.99. The summed E-state index contributed by atoms with van der Waals surface area (Å²) in [4.78, 5) is 15.7. The summed E-state index contributed by atoms with van der Waals surface area (Å²) in [7, 11) is 0. The Balaban J connectivity index is 1.65. The second-order valence-electron chi connectivity index (χ2n) is 4.90. The molecule has 12 heteroatoms. The lowest BCUT2D eigenvalue weighted by molar-refractivity contribution is -0.139. The lowest BCUT2D eigenvalue weighted by Crippen LogP contribution is -2.21. The Bertz CT molecular complexity index is 949. The van der Waals surface area contributed by atoms with Gasteiger partial charge in [-0.15, -0.1) is 5.10 Å². The summed E-state index contributed by atoms with van der Waals surface area (Å²) in [5.41, 5.74) is -2.11. The minimum Gasteiger partial charge on any atom is -0.430 e. The number of alkyl halides is 3. The van der Waals surface area contributed by atoms with Gasteiger partial charge in [-0.25, -0.2) is 9.18 Å². The molecule has 0 aliphatic carbocycles. The molecule has 1 aromatic carbocycles. The van der Waals surface area contributed by atoms with E-state index in [9.17, 15) is 22.4 Å². The summed E-state index contributed by atoms with van der Waals surface area (Å²) in [5, 5.41) is 11.7. The topological polar surface area (TPSA) is 89.0 Å². The van der Waals surface area contributed by atoms with Crippen molar-refractivity contribution in [2.45, 2.75) is 6.18 Å².